The molecule has 1 aromatic rings. The molecule has 78 valence electrons. The Balaban J connectivity index is 2.42. The predicted molar refractivity (Wildman–Crippen MR) is 68.2 cm³/mol. The molecule has 0 radical (unpaired) electrons. The number of aryl methyl sites for hydroxylation is 1. The van der Waals surface area contributed by atoms with Crippen LogP contribution in [0.5, 0.6) is 0 Å². The molecule has 0 bridgehead atoms. The van der Waals surface area contributed by atoms with Crippen LogP contribution in [0.4, 0.5) is 5.82 Å². The van der Waals surface area contributed by atoms with E-state index in [2.05, 4.69) is 45.5 Å². The molecule has 0 unspecified atom stereocenters. The molecule has 1 rings (SSSR count). The van der Waals surface area contributed by atoms with Crippen LogP contribution in [-0.2, 0) is 0 Å². The van der Waals surface area contributed by atoms with Gasteiger partial charge in [0.1, 0.15) is 5.82 Å². The van der Waals surface area contributed by atoms with Gasteiger partial charge >= 0.3 is 0 Å². The molecule has 1 heterocycles. The van der Waals surface area contributed by atoms with E-state index in [0.29, 0.717) is 0 Å². The fourth-order valence-corrected chi connectivity index (χ4v) is 2.03. The number of aromatic nitrogens is 1. The number of nitrogens with zero attached hydrogens (tertiary/aromatic N) is 1. The van der Waals surface area contributed by atoms with Crippen molar-refractivity contribution >= 4 is 33.5 Å². The van der Waals surface area contributed by atoms with Crippen molar-refractivity contribution in [2.75, 3.05) is 23.9 Å². The summed E-state index contributed by atoms with van der Waals surface area (Å²) < 4.78 is 1.03. The van der Waals surface area contributed by atoms with E-state index in [4.69, 9.17) is 0 Å². The van der Waals surface area contributed by atoms with E-state index in [-0.39, 0.29) is 0 Å². The quantitative estimate of drug-likeness (QED) is 0.834. The van der Waals surface area contributed by atoms with Crippen LogP contribution in [0, 0.1) is 6.92 Å². The van der Waals surface area contributed by atoms with Crippen molar-refractivity contribution in [3.8, 4) is 0 Å². The molecule has 0 saturated carbocycles. The molecule has 0 atom stereocenters. The van der Waals surface area contributed by atoms with Crippen molar-refractivity contribution in [1.82, 2.24) is 4.98 Å². The highest BCUT2D eigenvalue weighted by Gasteiger charge is 1.98. The van der Waals surface area contributed by atoms with Gasteiger partial charge in [0.05, 0.1) is 0 Å². The molecular weight excluding hydrogens is 260 g/mol. The Labute approximate surface area is 98.0 Å². The van der Waals surface area contributed by atoms with Crippen LogP contribution in [0.15, 0.2) is 16.7 Å². The molecule has 14 heavy (non-hydrogen) atoms. The Morgan fingerprint density at radius 3 is 3.00 bits per heavy atom. The highest BCUT2D eigenvalue weighted by Crippen LogP contribution is 2.16. The van der Waals surface area contributed by atoms with E-state index in [1.165, 1.54) is 17.7 Å². The monoisotopic (exact) mass is 274 g/mol. The third kappa shape index (κ3) is 3.88. The Hall–Kier alpha value is -0.220. The van der Waals surface area contributed by atoms with Gasteiger partial charge in [-0.2, -0.15) is 11.8 Å². The number of hydrogen-bond acceptors (Lipinski definition) is 3. The number of hydrogen-bond donors (Lipinski definition) is 1. The molecule has 1 aromatic heterocycles. The molecule has 0 aliphatic heterocycles. The maximum absolute atomic E-state index is 4.31. The molecule has 0 aliphatic rings. The predicted octanol–water partition coefficient (Wildman–Crippen LogP) is 3.32. The first kappa shape index (κ1) is 11.9. The van der Waals surface area contributed by atoms with Crippen LogP contribution in [-0.4, -0.2) is 23.5 Å². The zero-order valence-electron chi connectivity index (χ0n) is 8.51. The molecule has 0 spiro atoms. The third-order valence-electron chi connectivity index (χ3n) is 1.86. The largest absolute Gasteiger partial charge is 0.370 e. The summed E-state index contributed by atoms with van der Waals surface area (Å²) in [7, 11) is 0. The van der Waals surface area contributed by atoms with E-state index < -0.39 is 0 Å². The van der Waals surface area contributed by atoms with E-state index >= 15 is 0 Å². The van der Waals surface area contributed by atoms with Crippen LogP contribution < -0.4 is 5.32 Å². The lowest BCUT2D eigenvalue weighted by Gasteiger charge is -2.07. The van der Waals surface area contributed by atoms with Gasteiger partial charge in [-0.15, -0.1) is 0 Å². The molecule has 4 heteroatoms. The van der Waals surface area contributed by atoms with Crippen molar-refractivity contribution in [1.29, 1.82) is 0 Å². The molecule has 0 aromatic carbocycles. The summed E-state index contributed by atoms with van der Waals surface area (Å²) in [5, 5.41) is 3.33. The molecule has 0 saturated heterocycles. The summed E-state index contributed by atoms with van der Waals surface area (Å²) in [5.41, 5.74) is 1.18. The van der Waals surface area contributed by atoms with Gasteiger partial charge in [-0.25, -0.2) is 4.98 Å². The van der Waals surface area contributed by atoms with Crippen molar-refractivity contribution in [2.24, 2.45) is 0 Å². The number of pyridine rings is 1. The SMILES string of the molecule is CSCCCNc1ncc(Br)cc1C. The summed E-state index contributed by atoms with van der Waals surface area (Å²) in [6.45, 7) is 3.06. The first-order valence-electron chi connectivity index (χ1n) is 4.59. The second-order valence-corrected chi connectivity index (χ2v) is 4.99. The van der Waals surface area contributed by atoms with Gasteiger partial charge < -0.3 is 5.32 Å². The standard InChI is InChI=1S/C10H15BrN2S/c1-8-6-9(11)7-13-10(8)12-4-3-5-14-2/h6-7H,3-5H2,1-2H3,(H,12,13). The molecule has 2 nitrogen and oxygen atoms in total. The smallest absolute Gasteiger partial charge is 0.128 e. The average Bonchev–Trinajstić information content (AvgIpc) is 2.15. The van der Waals surface area contributed by atoms with E-state index in [1.807, 2.05) is 18.0 Å². The van der Waals surface area contributed by atoms with Gasteiger partial charge in [0, 0.05) is 17.2 Å². The molecule has 0 aliphatic carbocycles. The topological polar surface area (TPSA) is 24.9 Å². The molecular formula is C10H15BrN2S. The summed E-state index contributed by atoms with van der Waals surface area (Å²) in [4.78, 5) is 4.31. The van der Waals surface area contributed by atoms with Gasteiger partial charge in [-0.3, -0.25) is 0 Å². The molecule has 1 N–H and O–H groups in total. The summed E-state index contributed by atoms with van der Waals surface area (Å²) in [6.07, 6.45) is 5.13. The molecule has 0 fully saturated rings. The zero-order chi connectivity index (χ0) is 10.4. The maximum atomic E-state index is 4.31. The number of nitrogens with one attached hydrogen (secondary N) is 1. The van der Waals surface area contributed by atoms with E-state index in [9.17, 15) is 0 Å². The second-order valence-electron chi connectivity index (χ2n) is 3.09. The van der Waals surface area contributed by atoms with Crippen LogP contribution in [0.2, 0.25) is 0 Å². The minimum atomic E-state index is 0.995. The Morgan fingerprint density at radius 2 is 2.36 bits per heavy atom. The van der Waals surface area contributed by atoms with Crippen LogP contribution >= 0.6 is 27.7 Å². The molecule has 0 amide bonds. The van der Waals surface area contributed by atoms with Gasteiger partial charge in [-0.05, 0) is 52.9 Å². The number of thioether (sulfide) groups is 1. The van der Waals surface area contributed by atoms with Gasteiger partial charge in [0.2, 0.25) is 0 Å². The fraction of sp³-hybridized carbons (Fsp3) is 0.500. The lowest BCUT2D eigenvalue weighted by atomic mass is 10.3. The third-order valence-corrected chi connectivity index (χ3v) is 2.99. The van der Waals surface area contributed by atoms with E-state index in [1.54, 1.807) is 0 Å². The van der Waals surface area contributed by atoms with Gasteiger partial charge in [-0.1, -0.05) is 0 Å². The Morgan fingerprint density at radius 1 is 1.57 bits per heavy atom. The van der Waals surface area contributed by atoms with Crippen LogP contribution in [0.25, 0.3) is 0 Å². The maximum Gasteiger partial charge on any atom is 0.128 e. The van der Waals surface area contributed by atoms with Gasteiger partial charge in [0.15, 0.2) is 0 Å². The van der Waals surface area contributed by atoms with E-state index in [0.717, 1.165) is 16.8 Å². The highest BCUT2D eigenvalue weighted by molar-refractivity contribution is 9.10. The van der Waals surface area contributed by atoms with Crippen molar-refractivity contribution < 1.29 is 0 Å². The normalized spacial score (nSPS) is 10.2. The summed E-state index contributed by atoms with van der Waals surface area (Å²) in [5.74, 6) is 2.19. The number of anilines is 1. The average molecular weight is 275 g/mol. The lowest BCUT2D eigenvalue weighted by molar-refractivity contribution is 0.977. The Bertz CT molecular complexity index is 291. The Kier molecular flexibility index (Phi) is 5.33. The highest BCUT2D eigenvalue weighted by atomic mass is 79.9. The van der Waals surface area contributed by atoms with Gasteiger partial charge in [0.25, 0.3) is 0 Å². The summed E-state index contributed by atoms with van der Waals surface area (Å²) in [6, 6.07) is 2.07. The lowest BCUT2D eigenvalue weighted by Crippen LogP contribution is -2.05. The first-order valence-corrected chi connectivity index (χ1v) is 6.77. The van der Waals surface area contributed by atoms with Crippen molar-refractivity contribution in [3.05, 3.63) is 22.3 Å². The van der Waals surface area contributed by atoms with Crippen molar-refractivity contribution in [2.45, 2.75) is 13.3 Å². The van der Waals surface area contributed by atoms with Crippen LogP contribution in [0.3, 0.4) is 0 Å². The first-order chi connectivity index (χ1) is 6.74. The minimum absolute atomic E-state index is 0.995. The summed E-state index contributed by atoms with van der Waals surface area (Å²) >= 11 is 5.27. The minimum Gasteiger partial charge on any atom is -0.370 e. The van der Waals surface area contributed by atoms with Crippen molar-refractivity contribution in [3.63, 3.8) is 0 Å². The number of rotatable bonds is 5. The number of halogens is 1. The zero-order valence-corrected chi connectivity index (χ0v) is 10.9. The fourth-order valence-electron chi connectivity index (χ4n) is 1.15. The van der Waals surface area contributed by atoms with Crippen LogP contribution in [0.1, 0.15) is 12.0 Å². The second kappa shape index (κ2) is 6.30.